The second-order valence-corrected chi connectivity index (χ2v) is 10.5. The van der Waals surface area contributed by atoms with Gasteiger partial charge >= 0.3 is 6.18 Å². The third-order valence-electron chi connectivity index (χ3n) is 7.79. The molecule has 1 heterocycles. The van der Waals surface area contributed by atoms with Crippen molar-refractivity contribution in [2.24, 2.45) is 0 Å². The molecule has 1 saturated heterocycles. The van der Waals surface area contributed by atoms with Crippen LogP contribution < -0.4 is 10.2 Å². The van der Waals surface area contributed by atoms with Crippen molar-refractivity contribution >= 4 is 33.7 Å². The Morgan fingerprint density at radius 3 is 2.34 bits per heavy atom. The van der Waals surface area contributed by atoms with Crippen molar-refractivity contribution in [2.45, 2.75) is 44.0 Å². The average molecular weight is 573 g/mol. The lowest BCUT2D eigenvalue weighted by molar-refractivity contribution is -0.388. The van der Waals surface area contributed by atoms with Gasteiger partial charge in [0.15, 0.2) is 0 Å². The number of halogens is 3. The Kier molecular flexibility index (Phi) is 8.20. The summed E-state index contributed by atoms with van der Waals surface area (Å²) < 4.78 is 45.7. The predicted octanol–water partition coefficient (Wildman–Crippen LogP) is 5.56. The quantitative estimate of drug-likeness (QED) is 0.282. The van der Waals surface area contributed by atoms with Gasteiger partial charge in [-0.05, 0) is 72.9 Å². The van der Waals surface area contributed by atoms with E-state index in [0.717, 1.165) is 28.6 Å². The Morgan fingerprint density at radius 2 is 1.66 bits per heavy atom. The first-order valence-corrected chi connectivity index (χ1v) is 13.6. The monoisotopic (exact) mass is 572 g/mol. The van der Waals surface area contributed by atoms with Gasteiger partial charge in [-0.2, -0.15) is 13.2 Å². The van der Waals surface area contributed by atoms with E-state index in [-0.39, 0.29) is 36.1 Å². The number of ether oxygens (including phenoxy) is 1. The summed E-state index contributed by atoms with van der Waals surface area (Å²) >= 11 is 0. The zero-order valence-corrected chi connectivity index (χ0v) is 22.3. The molecule has 0 aromatic heterocycles. The first kappa shape index (κ1) is 28.5. The van der Waals surface area contributed by atoms with Crippen LogP contribution in [0.25, 0.3) is 10.8 Å². The van der Waals surface area contributed by atoms with Crippen molar-refractivity contribution in [3.8, 4) is 5.75 Å². The second kappa shape index (κ2) is 11.8. The highest BCUT2D eigenvalue weighted by molar-refractivity contribution is 5.87. The van der Waals surface area contributed by atoms with Crippen LogP contribution in [0.1, 0.15) is 31.2 Å². The molecule has 0 radical (unpaired) electrons. The number of nitro groups is 1. The molecule has 0 spiro atoms. The van der Waals surface area contributed by atoms with E-state index in [9.17, 15) is 33.2 Å². The van der Waals surface area contributed by atoms with Crippen LogP contribution in [0.3, 0.4) is 0 Å². The van der Waals surface area contributed by atoms with E-state index in [4.69, 9.17) is 4.74 Å². The zero-order valence-electron chi connectivity index (χ0n) is 22.3. The van der Waals surface area contributed by atoms with E-state index in [1.165, 1.54) is 6.07 Å². The molecule has 1 aliphatic heterocycles. The van der Waals surface area contributed by atoms with Gasteiger partial charge in [-0.25, -0.2) is 0 Å². The van der Waals surface area contributed by atoms with Crippen LogP contribution in [0.5, 0.6) is 5.75 Å². The highest BCUT2D eigenvalue weighted by Crippen LogP contribution is 2.38. The summed E-state index contributed by atoms with van der Waals surface area (Å²) in [4.78, 5) is 26.8. The number of alkyl halides is 3. The number of phenolic OH excluding ortho intramolecular Hbond substituents is 1. The number of aromatic hydroxyl groups is 1. The molecule has 9 nitrogen and oxygen atoms in total. The molecule has 5 rings (SSSR count). The van der Waals surface area contributed by atoms with Crippen molar-refractivity contribution in [3.63, 3.8) is 0 Å². The van der Waals surface area contributed by atoms with Crippen LogP contribution in [-0.4, -0.2) is 65.8 Å². The number of phenols is 1. The number of benzene rings is 3. The molecule has 1 amide bonds. The van der Waals surface area contributed by atoms with Crippen LogP contribution in [0.15, 0.2) is 54.6 Å². The lowest BCUT2D eigenvalue weighted by Crippen LogP contribution is -2.50. The summed E-state index contributed by atoms with van der Waals surface area (Å²) in [5.74, 6) is 0.166. The maximum absolute atomic E-state index is 13.3. The summed E-state index contributed by atoms with van der Waals surface area (Å²) in [7, 11) is 0. The maximum atomic E-state index is 13.3. The molecule has 0 bridgehead atoms. The number of nitrogens with one attached hydrogen (secondary N) is 1. The molecule has 1 aliphatic carbocycles. The number of hydrogen-bond acceptors (Lipinski definition) is 7. The molecule has 3 aromatic rings. The van der Waals surface area contributed by atoms with Crippen LogP contribution >= 0.6 is 0 Å². The first-order valence-electron chi connectivity index (χ1n) is 13.6. The zero-order chi connectivity index (χ0) is 29.1. The molecule has 12 heteroatoms. The number of rotatable bonds is 7. The van der Waals surface area contributed by atoms with E-state index in [1.54, 1.807) is 17.0 Å². The van der Waals surface area contributed by atoms with Gasteiger partial charge in [-0.1, -0.05) is 12.1 Å². The summed E-state index contributed by atoms with van der Waals surface area (Å²) in [6.45, 7) is 2.55. The van der Waals surface area contributed by atoms with E-state index in [1.807, 2.05) is 18.2 Å². The molecule has 2 N–H and O–H groups in total. The average Bonchev–Trinajstić information content (AvgIpc) is 2.96. The summed E-state index contributed by atoms with van der Waals surface area (Å²) in [6.07, 6.45) is -2.36. The number of carbonyl (C=O) groups is 1. The number of amides is 1. The highest BCUT2D eigenvalue weighted by atomic mass is 19.4. The lowest BCUT2D eigenvalue weighted by atomic mass is 9.92. The Balaban J connectivity index is 1.05. The Morgan fingerprint density at radius 1 is 0.976 bits per heavy atom. The molecule has 0 unspecified atom stereocenters. The van der Waals surface area contributed by atoms with Crippen LogP contribution in [0, 0.1) is 10.1 Å². The second-order valence-electron chi connectivity index (χ2n) is 10.5. The summed E-state index contributed by atoms with van der Waals surface area (Å²) in [5.41, 5.74) is -0.992. The Bertz CT molecular complexity index is 1420. The fraction of sp³-hybridized carbons (Fsp3) is 0.414. The normalized spacial score (nSPS) is 19.8. The van der Waals surface area contributed by atoms with Gasteiger partial charge in [0.1, 0.15) is 17.9 Å². The minimum Gasteiger partial charge on any atom is -0.508 e. The number of carbonyl (C=O) groups excluding carboxylic acids is 1. The van der Waals surface area contributed by atoms with E-state index >= 15 is 0 Å². The van der Waals surface area contributed by atoms with Gasteiger partial charge < -0.3 is 25.0 Å². The topological polar surface area (TPSA) is 108 Å². The van der Waals surface area contributed by atoms with Gasteiger partial charge in [0, 0.05) is 49.7 Å². The fourth-order valence-corrected chi connectivity index (χ4v) is 5.53. The SMILES string of the molecule is O=C(CO[C@H]1CC[C@H](Nc2ccc([N+](=O)[O-])c(C(F)(F)F)c2)CC1)N1CCN(c2ccc3cc(O)ccc3c2)CC1. The van der Waals surface area contributed by atoms with Crippen LogP contribution in [0.2, 0.25) is 0 Å². The largest absolute Gasteiger partial charge is 0.508 e. The molecule has 1 saturated carbocycles. The molecule has 3 aromatic carbocycles. The summed E-state index contributed by atoms with van der Waals surface area (Å²) in [6, 6.07) is 14.2. The highest BCUT2D eigenvalue weighted by Gasteiger charge is 2.38. The minimum atomic E-state index is -4.83. The molecule has 218 valence electrons. The third-order valence-corrected chi connectivity index (χ3v) is 7.79. The van der Waals surface area contributed by atoms with E-state index in [2.05, 4.69) is 16.3 Å². The van der Waals surface area contributed by atoms with Crippen molar-refractivity contribution in [2.75, 3.05) is 43.0 Å². The maximum Gasteiger partial charge on any atom is 0.423 e. The van der Waals surface area contributed by atoms with Crippen molar-refractivity contribution < 1.29 is 32.7 Å². The van der Waals surface area contributed by atoms with Gasteiger partial charge in [0.2, 0.25) is 5.91 Å². The third kappa shape index (κ3) is 6.82. The Labute approximate surface area is 234 Å². The van der Waals surface area contributed by atoms with Crippen molar-refractivity contribution in [1.29, 1.82) is 0 Å². The number of hydrogen-bond donors (Lipinski definition) is 2. The van der Waals surface area contributed by atoms with Crippen LogP contribution in [-0.2, 0) is 15.7 Å². The number of nitro benzene ring substituents is 1. The standard InChI is InChI=1S/C29H31F3N4O5/c30-29(31,32)26-17-22(5-10-27(26)36(39)40)33-21-3-8-25(9-4-21)41-18-28(38)35-13-11-34(12-14-35)23-6-1-20-16-24(37)7-2-19(20)15-23/h1-2,5-7,10,15-17,21,25,33,37H,3-4,8-9,11-14,18H2/t21-,25-. The van der Waals surface area contributed by atoms with E-state index < -0.39 is 22.4 Å². The van der Waals surface area contributed by atoms with E-state index in [0.29, 0.717) is 51.9 Å². The first-order chi connectivity index (χ1) is 19.6. The number of fused-ring (bicyclic) bond motifs is 1. The van der Waals surface area contributed by atoms with Gasteiger partial charge in [0.25, 0.3) is 5.69 Å². The van der Waals surface area contributed by atoms with Gasteiger partial charge in [-0.15, -0.1) is 0 Å². The Hall–Kier alpha value is -4.06. The van der Waals surface area contributed by atoms with Crippen molar-refractivity contribution in [1.82, 2.24) is 4.90 Å². The number of nitrogens with zero attached hydrogens (tertiary/aromatic N) is 3. The fourth-order valence-electron chi connectivity index (χ4n) is 5.53. The summed E-state index contributed by atoms with van der Waals surface area (Å²) in [5, 5.41) is 25.7. The molecular formula is C29H31F3N4O5. The lowest BCUT2D eigenvalue weighted by Gasteiger charge is -2.36. The van der Waals surface area contributed by atoms with Crippen molar-refractivity contribution in [3.05, 3.63) is 70.3 Å². The molecule has 2 fully saturated rings. The minimum absolute atomic E-state index is 0.0144. The molecule has 41 heavy (non-hydrogen) atoms. The number of anilines is 2. The molecular weight excluding hydrogens is 541 g/mol. The van der Waals surface area contributed by atoms with Gasteiger partial charge in [0.05, 0.1) is 11.0 Å². The van der Waals surface area contributed by atoms with Crippen LogP contribution in [0.4, 0.5) is 30.2 Å². The molecule has 2 aliphatic rings. The predicted molar refractivity (Wildman–Crippen MR) is 148 cm³/mol. The molecule has 0 atom stereocenters. The smallest absolute Gasteiger partial charge is 0.423 e. The number of piperazine rings is 1. The van der Waals surface area contributed by atoms with Gasteiger partial charge in [-0.3, -0.25) is 14.9 Å².